The number of hydrogen-bond acceptors (Lipinski definition) is 5. The van der Waals surface area contributed by atoms with Gasteiger partial charge in [0.2, 0.25) is 5.88 Å². The molecule has 0 atom stereocenters. The number of pyridine rings is 2. The lowest BCUT2D eigenvalue weighted by molar-refractivity contribution is 0.0571. The van der Waals surface area contributed by atoms with Crippen molar-refractivity contribution in [2.75, 3.05) is 26.2 Å². The molecule has 2 aliphatic rings. The van der Waals surface area contributed by atoms with Crippen LogP contribution in [0.5, 0.6) is 5.88 Å². The predicted octanol–water partition coefficient (Wildman–Crippen LogP) is 6.02. The van der Waals surface area contributed by atoms with E-state index in [1.165, 1.54) is 18.3 Å². The highest BCUT2D eigenvalue weighted by Gasteiger charge is 2.36. The maximum atomic E-state index is 15.6. The molecule has 4 rings (SSSR count). The average molecular weight is 526 g/mol. The van der Waals surface area contributed by atoms with E-state index < -0.39 is 30.8 Å². The average Bonchev–Trinajstić information content (AvgIpc) is 3.09. The summed E-state index contributed by atoms with van der Waals surface area (Å²) in [5, 5.41) is 0. The SMILES string of the molecule is O=C(CC1CCC(F)(CCN2CCc3ccc(OCC(F)F)nc3CC2)CC1)c1cccnc1C(F)F. The largest absolute Gasteiger partial charge is 0.472 e. The summed E-state index contributed by atoms with van der Waals surface area (Å²) in [6, 6.07) is 6.33. The normalized spacial score (nSPS) is 22.6. The Morgan fingerprint density at radius 2 is 1.86 bits per heavy atom. The molecule has 0 radical (unpaired) electrons. The van der Waals surface area contributed by atoms with Gasteiger partial charge < -0.3 is 9.64 Å². The van der Waals surface area contributed by atoms with E-state index in [1.54, 1.807) is 6.07 Å². The standard InChI is InChI=1S/C27H32F5N3O2/c28-23(29)17-37-24-4-3-19-7-13-35(14-8-21(19)34-24)15-11-27(32)9-5-18(6-10-27)16-22(36)20-2-1-12-33-25(20)26(30)31/h1-4,12,18,23,26H,5-11,13-17H2. The van der Waals surface area contributed by atoms with Crippen LogP contribution in [0.2, 0.25) is 0 Å². The first-order chi connectivity index (χ1) is 17.7. The van der Waals surface area contributed by atoms with Gasteiger partial charge in [0.05, 0.1) is 0 Å². The van der Waals surface area contributed by atoms with E-state index in [4.69, 9.17) is 4.74 Å². The van der Waals surface area contributed by atoms with Crippen LogP contribution in [-0.2, 0) is 12.8 Å². The minimum Gasteiger partial charge on any atom is -0.472 e. The molecule has 0 unspecified atom stereocenters. The monoisotopic (exact) mass is 525 g/mol. The Bertz CT molecular complexity index is 1060. The first kappa shape index (κ1) is 27.4. The Labute approximate surface area is 213 Å². The van der Waals surface area contributed by atoms with E-state index in [-0.39, 0.29) is 29.6 Å². The number of rotatable bonds is 10. The Hall–Kier alpha value is -2.62. The van der Waals surface area contributed by atoms with Crippen LogP contribution in [0, 0.1) is 5.92 Å². The molecule has 10 heteroatoms. The van der Waals surface area contributed by atoms with Crippen LogP contribution in [0.15, 0.2) is 30.5 Å². The predicted molar refractivity (Wildman–Crippen MR) is 128 cm³/mol. The van der Waals surface area contributed by atoms with Crippen LogP contribution in [0.4, 0.5) is 22.0 Å². The number of ether oxygens (including phenoxy) is 1. The van der Waals surface area contributed by atoms with Crippen LogP contribution in [0.3, 0.4) is 0 Å². The fourth-order valence-electron chi connectivity index (χ4n) is 5.27. The molecular weight excluding hydrogens is 493 g/mol. The van der Waals surface area contributed by atoms with Crippen LogP contribution in [-0.4, -0.2) is 59.0 Å². The van der Waals surface area contributed by atoms with Crippen LogP contribution >= 0.6 is 0 Å². The van der Waals surface area contributed by atoms with Gasteiger partial charge in [-0.3, -0.25) is 9.78 Å². The Morgan fingerprint density at radius 1 is 1.11 bits per heavy atom. The highest BCUT2D eigenvalue weighted by atomic mass is 19.3. The second-order valence-electron chi connectivity index (χ2n) is 10.0. The van der Waals surface area contributed by atoms with Crippen LogP contribution in [0.25, 0.3) is 0 Å². The summed E-state index contributed by atoms with van der Waals surface area (Å²) >= 11 is 0. The summed E-state index contributed by atoms with van der Waals surface area (Å²) in [5.41, 5.74) is 0.0397. The molecule has 0 N–H and O–H groups in total. The highest BCUT2D eigenvalue weighted by Crippen LogP contribution is 2.39. The quantitative estimate of drug-likeness (QED) is 0.281. The number of halogens is 5. The molecule has 1 aliphatic heterocycles. The number of aromatic nitrogens is 2. The van der Waals surface area contributed by atoms with Gasteiger partial charge in [-0.15, -0.1) is 0 Å². The van der Waals surface area contributed by atoms with E-state index in [2.05, 4.69) is 14.9 Å². The molecule has 37 heavy (non-hydrogen) atoms. The lowest BCUT2D eigenvalue weighted by Gasteiger charge is -2.35. The van der Waals surface area contributed by atoms with Crippen molar-refractivity contribution in [3.8, 4) is 5.88 Å². The molecular formula is C27H32F5N3O2. The van der Waals surface area contributed by atoms with E-state index in [0.29, 0.717) is 51.6 Å². The summed E-state index contributed by atoms with van der Waals surface area (Å²) in [7, 11) is 0. The maximum Gasteiger partial charge on any atom is 0.281 e. The number of hydrogen-bond donors (Lipinski definition) is 0. The van der Waals surface area contributed by atoms with Crippen LogP contribution in [0.1, 0.15) is 72.3 Å². The Balaban J connectivity index is 1.23. The molecule has 0 aromatic carbocycles. The smallest absolute Gasteiger partial charge is 0.281 e. The van der Waals surface area contributed by atoms with Crippen molar-refractivity contribution in [3.05, 3.63) is 53.0 Å². The second-order valence-corrected chi connectivity index (χ2v) is 10.0. The van der Waals surface area contributed by atoms with Gasteiger partial charge in [0.25, 0.3) is 12.9 Å². The number of ketones is 1. The second kappa shape index (κ2) is 12.3. The summed E-state index contributed by atoms with van der Waals surface area (Å²) in [5.74, 6) is -0.193. The van der Waals surface area contributed by atoms with Gasteiger partial charge in [0.15, 0.2) is 12.4 Å². The minimum absolute atomic E-state index is 0.0256. The molecule has 0 saturated heterocycles. The first-order valence-electron chi connectivity index (χ1n) is 12.8. The van der Waals surface area contributed by atoms with Crippen molar-refractivity contribution in [2.45, 2.75) is 69.9 Å². The first-order valence-corrected chi connectivity index (χ1v) is 12.8. The van der Waals surface area contributed by atoms with Crippen LogP contribution < -0.4 is 4.74 Å². The van der Waals surface area contributed by atoms with Gasteiger partial charge >= 0.3 is 0 Å². The third kappa shape index (κ3) is 7.46. The Kier molecular flexibility index (Phi) is 9.10. The van der Waals surface area contributed by atoms with Crippen molar-refractivity contribution in [1.29, 1.82) is 0 Å². The minimum atomic E-state index is -2.81. The van der Waals surface area contributed by atoms with Gasteiger partial charge in [-0.1, -0.05) is 6.07 Å². The topological polar surface area (TPSA) is 55.3 Å². The number of carbonyl (C=O) groups is 1. The van der Waals surface area contributed by atoms with Gasteiger partial charge in [-0.2, -0.15) is 0 Å². The van der Waals surface area contributed by atoms with Crippen molar-refractivity contribution in [2.24, 2.45) is 5.92 Å². The molecule has 5 nitrogen and oxygen atoms in total. The lowest BCUT2D eigenvalue weighted by atomic mass is 9.76. The molecule has 0 spiro atoms. The zero-order valence-corrected chi connectivity index (χ0v) is 20.7. The number of Topliss-reactive ketones (excluding diaryl/α,β-unsaturated/α-hetero) is 1. The third-order valence-electron chi connectivity index (χ3n) is 7.46. The van der Waals surface area contributed by atoms with E-state index in [9.17, 15) is 22.4 Å². The zero-order valence-electron chi connectivity index (χ0n) is 20.7. The van der Waals surface area contributed by atoms with Gasteiger partial charge in [-0.05, 0) is 62.1 Å². The summed E-state index contributed by atoms with van der Waals surface area (Å²) in [6.07, 6.45) is -0.436. The fourth-order valence-corrected chi connectivity index (χ4v) is 5.27. The van der Waals surface area contributed by atoms with E-state index >= 15 is 4.39 Å². The molecule has 1 saturated carbocycles. The molecule has 1 aliphatic carbocycles. The lowest BCUT2D eigenvalue weighted by Crippen LogP contribution is -2.36. The van der Waals surface area contributed by atoms with Gasteiger partial charge in [0.1, 0.15) is 11.4 Å². The van der Waals surface area contributed by atoms with Crippen molar-refractivity contribution >= 4 is 5.78 Å². The highest BCUT2D eigenvalue weighted by molar-refractivity contribution is 5.97. The molecule has 2 aromatic rings. The van der Waals surface area contributed by atoms with Crippen molar-refractivity contribution in [1.82, 2.24) is 14.9 Å². The van der Waals surface area contributed by atoms with E-state index in [1.807, 2.05) is 6.07 Å². The maximum absolute atomic E-state index is 15.6. The fraction of sp³-hybridized carbons (Fsp3) is 0.593. The van der Waals surface area contributed by atoms with E-state index in [0.717, 1.165) is 24.2 Å². The number of alkyl halides is 5. The summed E-state index contributed by atoms with van der Waals surface area (Å²) in [6.45, 7) is 1.36. The zero-order chi connectivity index (χ0) is 26.4. The van der Waals surface area contributed by atoms with Gasteiger partial charge in [-0.25, -0.2) is 26.9 Å². The van der Waals surface area contributed by atoms with Gasteiger partial charge in [0, 0.05) is 56.0 Å². The van der Waals surface area contributed by atoms with Crippen molar-refractivity contribution in [3.63, 3.8) is 0 Å². The molecule has 0 bridgehead atoms. The molecule has 202 valence electrons. The Morgan fingerprint density at radius 3 is 2.59 bits per heavy atom. The number of carbonyl (C=O) groups excluding carboxylic acids is 1. The third-order valence-corrected chi connectivity index (χ3v) is 7.46. The molecule has 3 heterocycles. The summed E-state index contributed by atoms with van der Waals surface area (Å²) < 4.78 is 71.8. The van der Waals surface area contributed by atoms with Crippen molar-refractivity contribution < 1.29 is 31.5 Å². The number of nitrogens with zero attached hydrogens (tertiary/aromatic N) is 3. The summed E-state index contributed by atoms with van der Waals surface area (Å²) in [4.78, 5) is 22.9. The number of fused-ring (bicyclic) bond motifs is 1. The molecule has 2 aromatic heterocycles. The molecule has 1 fully saturated rings. The molecule has 0 amide bonds.